The number of carbonyl (C=O) groups excluding carboxylic acids is 1. The van der Waals surface area contributed by atoms with Crippen molar-refractivity contribution in [1.82, 2.24) is 20.0 Å². The van der Waals surface area contributed by atoms with Crippen molar-refractivity contribution in [2.24, 2.45) is 13.0 Å². The lowest BCUT2D eigenvalue weighted by Gasteiger charge is -2.17. The molecule has 1 aliphatic heterocycles. The van der Waals surface area contributed by atoms with Crippen LogP contribution in [0.2, 0.25) is 0 Å². The average molecular weight is 342 g/mol. The molecule has 5 nitrogen and oxygen atoms in total. The topological polar surface area (TPSA) is 50.2 Å². The molecule has 1 N–H and O–H groups in total. The largest absolute Gasteiger partial charge is 0.335 e. The molecule has 2 aliphatic rings. The number of aromatic nitrogens is 2. The summed E-state index contributed by atoms with van der Waals surface area (Å²) < 4.78 is 15.1. The minimum absolute atomic E-state index is 0.0117. The highest BCUT2D eigenvalue weighted by Gasteiger charge is 2.41. The third-order valence-corrected chi connectivity index (χ3v) is 5.23. The summed E-state index contributed by atoms with van der Waals surface area (Å²) in [5, 5.41) is 7.30. The molecular formula is C19H23FN4O. The maximum Gasteiger partial charge on any atom is 0.317 e. The molecule has 0 bridgehead atoms. The van der Waals surface area contributed by atoms with Crippen LogP contribution in [0.5, 0.6) is 0 Å². The van der Waals surface area contributed by atoms with E-state index < -0.39 is 0 Å². The molecule has 0 radical (unpaired) electrons. The van der Waals surface area contributed by atoms with Crippen molar-refractivity contribution in [1.29, 1.82) is 0 Å². The van der Waals surface area contributed by atoms with Crippen molar-refractivity contribution < 1.29 is 9.18 Å². The van der Waals surface area contributed by atoms with Crippen LogP contribution in [0.15, 0.2) is 36.7 Å². The van der Waals surface area contributed by atoms with Gasteiger partial charge in [0.05, 0.1) is 6.20 Å². The number of amides is 2. The summed E-state index contributed by atoms with van der Waals surface area (Å²) >= 11 is 0. The molecular weight excluding hydrogens is 319 g/mol. The first-order valence-corrected chi connectivity index (χ1v) is 8.87. The molecule has 2 heterocycles. The second kappa shape index (κ2) is 6.50. The van der Waals surface area contributed by atoms with E-state index in [1.54, 1.807) is 12.1 Å². The van der Waals surface area contributed by atoms with Crippen molar-refractivity contribution in [3.63, 3.8) is 0 Å². The van der Waals surface area contributed by atoms with Gasteiger partial charge in [0, 0.05) is 38.3 Å². The van der Waals surface area contributed by atoms with E-state index in [1.807, 2.05) is 35.1 Å². The van der Waals surface area contributed by atoms with Crippen molar-refractivity contribution >= 4 is 6.03 Å². The molecule has 25 heavy (non-hydrogen) atoms. The maximum absolute atomic E-state index is 13.3. The van der Waals surface area contributed by atoms with Crippen LogP contribution in [-0.2, 0) is 13.5 Å². The van der Waals surface area contributed by atoms with E-state index in [4.69, 9.17) is 0 Å². The molecule has 2 fully saturated rings. The molecule has 2 amide bonds. The Bertz CT molecular complexity index is 774. The monoisotopic (exact) mass is 342 g/mol. The van der Waals surface area contributed by atoms with Gasteiger partial charge >= 0.3 is 6.03 Å². The van der Waals surface area contributed by atoms with Gasteiger partial charge in [-0.3, -0.25) is 4.68 Å². The zero-order valence-electron chi connectivity index (χ0n) is 14.4. The molecule has 2 aromatic rings. The van der Waals surface area contributed by atoms with Gasteiger partial charge in [-0.05, 0) is 48.4 Å². The van der Waals surface area contributed by atoms with Gasteiger partial charge in [-0.25, -0.2) is 9.18 Å². The Morgan fingerprint density at radius 3 is 3.08 bits per heavy atom. The fourth-order valence-electron chi connectivity index (χ4n) is 3.80. The highest BCUT2D eigenvalue weighted by molar-refractivity contribution is 5.75. The van der Waals surface area contributed by atoms with Gasteiger partial charge in [0.15, 0.2) is 0 Å². The molecule has 1 aliphatic carbocycles. The van der Waals surface area contributed by atoms with Crippen LogP contribution in [0.1, 0.15) is 29.9 Å². The Morgan fingerprint density at radius 1 is 1.44 bits per heavy atom. The SMILES string of the molecule is Cn1cc(C[C@@H]2CCN(C(=O)N[C@H]3C[C@H]3c3cccc(F)c3)C2)cn1. The molecule has 1 aromatic heterocycles. The zero-order chi connectivity index (χ0) is 17.4. The number of hydrogen-bond acceptors (Lipinski definition) is 2. The van der Waals surface area contributed by atoms with Gasteiger partial charge in [0.2, 0.25) is 0 Å². The molecule has 0 unspecified atom stereocenters. The van der Waals surface area contributed by atoms with E-state index in [1.165, 1.54) is 11.6 Å². The summed E-state index contributed by atoms with van der Waals surface area (Å²) in [4.78, 5) is 14.4. The third-order valence-electron chi connectivity index (χ3n) is 5.23. The number of benzene rings is 1. The lowest BCUT2D eigenvalue weighted by Crippen LogP contribution is -2.40. The van der Waals surface area contributed by atoms with E-state index in [-0.39, 0.29) is 23.8 Å². The second-order valence-corrected chi connectivity index (χ2v) is 7.28. The predicted molar refractivity (Wildman–Crippen MR) is 92.7 cm³/mol. The number of nitrogens with one attached hydrogen (secondary N) is 1. The van der Waals surface area contributed by atoms with Gasteiger partial charge in [-0.15, -0.1) is 0 Å². The zero-order valence-corrected chi connectivity index (χ0v) is 14.4. The van der Waals surface area contributed by atoms with Gasteiger partial charge < -0.3 is 10.2 Å². The van der Waals surface area contributed by atoms with E-state index in [0.29, 0.717) is 5.92 Å². The molecule has 3 atom stereocenters. The average Bonchev–Trinajstić information content (AvgIpc) is 2.98. The summed E-state index contributed by atoms with van der Waals surface area (Å²) in [6.07, 6.45) is 6.82. The minimum atomic E-state index is -0.215. The van der Waals surface area contributed by atoms with Crippen molar-refractivity contribution in [2.45, 2.75) is 31.2 Å². The number of carbonyl (C=O) groups is 1. The number of aryl methyl sites for hydroxylation is 1. The normalized spacial score (nSPS) is 25.2. The van der Waals surface area contributed by atoms with Crippen molar-refractivity contribution in [2.75, 3.05) is 13.1 Å². The van der Waals surface area contributed by atoms with Gasteiger partial charge in [-0.1, -0.05) is 12.1 Å². The van der Waals surface area contributed by atoms with Crippen molar-refractivity contribution in [3.05, 3.63) is 53.6 Å². The van der Waals surface area contributed by atoms with Crippen LogP contribution < -0.4 is 5.32 Å². The highest BCUT2D eigenvalue weighted by atomic mass is 19.1. The van der Waals surface area contributed by atoms with Gasteiger partial charge in [-0.2, -0.15) is 5.10 Å². The minimum Gasteiger partial charge on any atom is -0.335 e. The van der Waals surface area contributed by atoms with Crippen LogP contribution in [0.25, 0.3) is 0 Å². The molecule has 1 aromatic carbocycles. The Kier molecular flexibility index (Phi) is 4.19. The Labute approximate surface area is 146 Å². The first-order chi connectivity index (χ1) is 12.1. The Hall–Kier alpha value is -2.37. The fraction of sp³-hybridized carbons (Fsp3) is 0.474. The van der Waals surface area contributed by atoms with E-state index in [9.17, 15) is 9.18 Å². The van der Waals surface area contributed by atoms with Gasteiger partial charge in [0.25, 0.3) is 0 Å². The number of nitrogens with zero attached hydrogens (tertiary/aromatic N) is 3. The number of urea groups is 1. The lowest BCUT2D eigenvalue weighted by atomic mass is 10.0. The van der Waals surface area contributed by atoms with Crippen LogP contribution in [-0.4, -0.2) is 39.8 Å². The molecule has 132 valence electrons. The number of hydrogen-bond donors (Lipinski definition) is 1. The van der Waals surface area contributed by atoms with Crippen LogP contribution in [0.3, 0.4) is 0 Å². The van der Waals surface area contributed by atoms with Crippen molar-refractivity contribution in [3.8, 4) is 0 Å². The van der Waals surface area contributed by atoms with Crippen LogP contribution >= 0.6 is 0 Å². The summed E-state index contributed by atoms with van der Waals surface area (Å²) in [5.41, 5.74) is 2.20. The summed E-state index contributed by atoms with van der Waals surface area (Å²) in [6.45, 7) is 1.59. The van der Waals surface area contributed by atoms with E-state index in [0.717, 1.165) is 37.9 Å². The van der Waals surface area contributed by atoms with E-state index >= 15 is 0 Å². The fourth-order valence-corrected chi connectivity index (χ4v) is 3.80. The summed E-state index contributed by atoms with van der Waals surface area (Å²) in [6, 6.07) is 6.82. The predicted octanol–water partition coefficient (Wildman–Crippen LogP) is 2.69. The molecule has 1 saturated heterocycles. The first-order valence-electron chi connectivity index (χ1n) is 8.87. The standard InChI is InChI=1S/C19H23FN4O/c1-23-11-14(10-21-23)7-13-5-6-24(12-13)19(25)22-18-9-17(18)15-3-2-4-16(20)8-15/h2-4,8,10-11,13,17-18H,5-7,9,12H2,1H3,(H,22,25)/t13-,17-,18-/m0/s1. The summed E-state index contributed by atoms with van der Waals surface area (Å²) in [7, 11) is 1.92. The van der Waals surface area contributed by atoms with Crippen LogP contribution in [0.4, 0.5) is 9.18 Å². The molecule has 1 saturated carbocycles. The quantitative estimate of drug-likeness (QED) is 0.929. The highest BCUT2D eigenvalue weighted by Crippen LogP contribution is 2.41. The van der Waals surface area contributed by atoms with E-state index in [2.05, 4.69) is 10.4 Å². The second-order valence-electron chi connectivity index (χ2n) is 7.28. The maximum atomic E-state index is 13.3. The third kappa shape index (κ3) is 3.67. The summed E-state index contributed by atoms with van der Waals surface area (Å²) in [5.74, 6) is 0.522. The molecule has 0 spiro atoms. The lowest BCUT2D eigenvalue weighted by molar-refractivity contribution is 0.206. The van der Waals surface area contributed by atoms with Gasteiger partial charge in [0.1, 0.15) is 5.82 Å². The number of rotatable bonds is 4. The smallest absolute Gasteiger partial charge is 0.317 e. The Balaban J connectivity index is 1.27. The first kappa shape index (κ1) is 16.1. The number of halogens is 1. The number of likely N-dealkylation sites (tertiary alicyclic amines) is 1. The Morgan fingerprint density at radius 2 is 2.32 bits per heavy atom. The molecule has 6 heteroatoms. The molecule has 4 rings (SSSR count). The van der Waals surface area contributed by atoms with Crippen LogP contribution in [0, 0.1) is 11.7 Å².